The Kier molecular flexibility index (Phi) is 7.91. The maximum atomic E-state index is 12.2. The van der Waals surface area contributed by atoms with Gasteiger partial charge in [-0.3, -0.25) is 13.9 Å². The molecule has 41 heavy (non-hydrogen) atoms. The van der Waals surface area contributed by atoms with E-state index in [1.54, 1.807) is 24.3 Å². The van der Waals surface area contributed by atoms with Gasteiger partial charge in [0.25, 0.3) is 16.0 Å². The van der Waals surface area contributed by atoms with Crippen molar-refractivity contribution in [3.8, 4) is 11.8 Å². The molecule has 1 aliphatic heterocycles. The maximum Gasteiger partial charge on any atom is 0.294 e. The molecule has 1 amide bonds. The number of aromatic nitrogens is 4. The number of anilines is 1. The lowest BCUT2D eigenvalue weighted by Gasteiger charge is -2.16. The molecule has 0 aliphatic carbocycles. The molecule has 1 fully saturated rings. The van der Waals surface area contributed by atoms with Crippen LogP contribution in [0, 0.1) is 11.8 Å². The Morgan fingerprint density at radius 1 is 1.12 bits per heavy atom. The van der Waals surface area contributed by atoms with E-state index in [1.165, 1.54) is 36.1 Å². The third-order valence-electron chi connectivity index (χ3n) is 6.24. The molecule has 4 aromatic rings. The van der Waals surface area contributed by atoms with Crippen LogP contribution in [0.3, 0.4) is 0 Å². The Bertz CT molecular complexity index is 1800. The van der Waals surface area contributed by atoms with Crippen molar-refractivity contribution in [3.05, 3.63) is 76.8 Å². The summed E-state index contributed by atoms with van der Waals surface area (Å²) >= 11 is 6.10. The second kappa shape index (κ2) is 11.4. The second-order valence-corrected chi connectivity index (χ2v) is 10.9. The minimum absolute atomic E-state index is 0.000916. The Morgan fingerprint density at radius 3 is 2.63 bits per heavy atom. The minimum Gasteiger partial charge on any atom is -0.387 e. The third kappa shape index (κ3) is 6.00. The fraction of sp³-hybridized carbons (Fsp3) is 0.231. The fourth-order valence-electron chi connectivity index (χ4n) is 4.23. The molecule has 0 saturated carbocycles. The predicted octanol–water partition coefficient (Wildman–Crippen LogP) is 1.10. The summed E-state index contributed by atoms with van der Waals surface area (Å²) in [5, 5.41) is 27.2. The van der Waals surface area contributed by atoms with Crippen LogP contribution in [0.5, 0.6) is 0 Å². The van der Waals surface area contributed by atoms with E-state index < -0.39 is 40.6 Å². The lowest BCUT2D eigenvalue weighted by molar-refractivity contribution is -0.137. The van der Waals surface area contributed by atoms with Crippen LogP contribution in [0.25, 0.3) is 11.2 Å². The number of fused-ring (bicyclic) bond motifs is 1. The summed E-state index contributed by atoms with van der Waals surface area (Å²) in [4.78, 5) is 25.1. The van der Waals surface area contributed by atoms with Crippen molar-refractivity contribution in [2.24, 2.45) is 0 Å². The van der Waals surface area contributed by atoms with E-state index in [0.717, 1.165) is 5.56 Å². The van der Waals surface area contributed by atoms with Gasteiger partial charge in [-0.25, -0.2) is 15.0 Å². The summed E-state index contributed by atoms with van der Waals surface area (Å²) in [6.07, 6.45) is -4.18. The zero-order valence-corrected chi connectivity index (χ0v) is 22.8. The zero-order valence-electron chi connectivity index (χ0n) is 21.3. The minimum atomic E-state index is -4.43. The summed E-state index contributed by atoms with van der Waals surface area (Å²) in [5.74, 6) is 5.22. The molecule has 0 spiro atoms. The lowest BCUT2D eigenvalue weighted by atomic mass is 10.1. The lowest BCUT2D eigenvalue weighted by Crippen LogP contribution is -2.41. The van der Waals surface area contributed by atoms with Crippen LogP contribution in [-0.2, 0) is 26.2 Å². The molecular formula is C26H23ClN6O7S. The number of aliphatic hydroxyl groups excluding tert-OH is 2. The number of aliphatic hydroxyl groups is 2. The van der Waals surface area contributed by atoms with Crippen molar-refractivity contribution >= 4 is 44.6 Å². The van der Waals surface area contributed by atoms with Gasteiger partial charge in [0, 0.05) is 24.2 Å². The summed E-state index contributed by atoms with van der Waals surface area (Å²) in [6.45, 7) is 0.308. The number of hydrogen-bond donors (Lipinski definition) is 5. The van der Waals surface area contributed by atoms with Crippen molar-refractivity contribution in [1.29, 1.82) is 0 Å². The van der Waals surface area contributed by atoms with Gasteiger partial charge in [0.1, 0.15) is 12.2 Å². The van der Waals surface area contributed by atoms with E-state index in [1.807, 2.05) is 6.07 Å². The van der Waals surface area contributed by atoms with Crippen LogP contribution in [0.15, 0.2) is 59.8 Å². The van der Waals surface area contributed by atoms with E-state index in [-0.39, 0.29) is 27.7 Å². The molecule has 212 valence electrons. The van der Waals surface area contributed by atoms with E-state index in [2.05, 4.69) is 37.4 Å². The number of imidazole rings is 1. The summed E-state index contributed by atoms with van der Waals surface area (Å²) in [7, 11) is -3.05. The smallest absolute Gasteiger partial charge is 0.294 e. The Hall–Kier alpha value is -4.10. The number of ether oxygens (including phenoxy) is 1. The Balaban J connectivity index is 1.56. The molecule has 2 aromatic heterocycles. The molecule has 15 heteroatoms. The number of hydrogen-bond acceptors (Lipinski definition) is 10. The molecule has 4 atom stereocenters. The van der Waals surface area contributed by atoms with Crippen molar-refractivity contribution in [3.63, 3.8) is 0 Å². The Labute approximate surface area is 238 Å². The first kappa shape index (κ1) is 28.4. The maximum absolute atomic E-state index is 12.2. The molecule has 1 saturated heterocycles. The van der Waals surface area contributed by atoms with Crippen LogP contribution >= 0.6 is 11.6 Å². The van der Waals surface area contributed by atoms with Gasteiger partial charge < -0.3 is 25.6 Å². The number of nitrogens with zero attached hydrogens (tertiary/aromatic N) is 4. The van der Waals surface area contributed by atoms with Gasteiger partial charge in [-0.05, 0) is 41.8 Å². The first-order chi connectivity index (χ1) is 19.5. The largest absolute Gasteiger partial charge is 0.387 e. The van der Waals surface area contributed by atoms with Crippen molar-refractivity contribution in [2.75, 3.05) is 12.4 Å². The summed E-state index contributed by atoms with van der Waals surface area (Å²) < 4.78 is 39.4. The third-order valence-corrected chi connectivity index (χ3v) is 7.32. The average Bonchev–Trinajstić information content (AvgIpc) is 3.50. The molecule has 13 nitrogen and oxygen atoms in total. The van der Waals surface area contributed by atoms with E-state index in [9.17, 15) is 28.0 Å². The highest BCUT2D eigenvalue weighted by Gasteiger charge is 2.47. The Morgan fingerprint density at radius 2 is 1.90 bits per heavy atom. The van der Waals surface area contributed by atoms with Gasteiger partial charge in [-0.15, -0.1) is 0 Å². The van der Waals surface area contributed by atoms with Crippen molar-refractivity contribution in [1.82, 2.24) is 24.8 Å². The number of carbonyl (C=O) groups is 1. The van der Waals surface area contributed by atoms with Gasteiger partial charge in [0.2, 0.25) is 5.82 Å². The predicted molar refractivity (Wildman–Crippen MR) is 146 cm³/mol. The highest BCUT2D eigenvalue weighted by Crippen LogP contribution is 2.32. The fourth-order valence-corrected chi connectivity index (χ4v) is 4.96. The number of rotatable bonds is 6. The molecule has 5 rings (SSSR count). The zero-order chi connectivity index (χ0) is 29.3. The topological polar surface area (TPSA) is 189 Å². The summed E-state index contributed by atoms with van der Waals surface area (Å²) in [6, 6.07) is 12.6. The molecule has 3 heterocycles. The normalized spacial score (nSPS) is 20.4. The number of amides is 1. The van der Waals surface area contributed by atoms with Crippen LogP contribution in [0.1, 0.15) is 23.2 Å². The van der Waals surface area contributed by atoms with Gasteiger partial charge in [-0.2, -0.15) is 8.42 Å². The van der Waals surface area contributed by atoms with Crippen LogP contribution in [0.2, 0.25) is 5.02 Å². The molecule has 5 N–H and O–H groups in total. The quantitative estimate of drug-likeness (QED) is 0.158. The van der Waals surface area contributed by atoms with Crippen molar-refractivity contribution in [2.45, 2.75) is 36.0 Å². The number of nitrogens with one attached hydrogen (secondary N) is 2. The standard InChI is InChI=1S/C26H23ClN6O7S/c1-28-25(36)22-20(34)21(35)26(40-22)33-13-30-19-23(29-12-15-5-2-6-16(27)10-15)31-18(32-24(19)33)9-8-14-4-3-7-17(11-14)41(37,38)39/h2-7,10-11,13,20-22,26,34-35H,12H2,1H3,(H,28,36)(H,29,31,32)(H,37,38,39)/t20-,21+,22-,26+/m0/s1. The van der Waals surface area contributed by atoms with Gasteiger partial charge in [-0.1, -0.05) is 35.7 Å². The molecule has 0 unspecified atom stereocenters. The number of halogens is 1. The second-order valence-electron chi connectivity index (χ2n) is 9.00. The molecule has 1 aliphatic rings. The summed E-state index contributed by atoms with van der Waals surface area (Å²) in [5.41, 5.74) is 1.60. The monoisotopic (exact) mass is 598 g/mol. The molecule has 2 aromatic carbocycles. The van der Waals surface area contributed by atoms with Crippen LogP contribution < -0.4 is 10.6 Å². The molecule has 0 radical (unpaired) electrons. The van der Waals surface area contributed by atoms with Crippen molar-refractivity contribution < 1.29 is 32.7 Å². The van der Waals surface area contributed by atoms with E-state index in [4.69, 9.17) is 16.3 Å². The number of benzene rings is 2. The van der Waals surface area contributed by atoms with Crippen LogP contribution in [-0.4, -0.2) is 74.0 Å². The van der Waals surface area contributed by atoms with E-state index >= 15 is 0 Å². The van der Waals surface area contributed by atoms with Gasteiger partial charge >= 0.3 is 0 Å². The molecular weight excluding hydrogens is 576 g/mol. The van der Waals surface area contributed by atoms with E-state index in [0.29, 0.717) is 17.1 Å². The highest BCUT2D eigenvalue weighted by molar-refractivity contribution is 7.85. The molecule has 0 bridgehead atoms. The highest BCUT2D eigenvalue weighted by atomic mass is 35.5. The van der Waals surface area contributed by atoms with Gasteiger partial charge in [0.05, 0.1) is 11.2 Å². The number of carbonyl (C=O) groups excluding carboxylic acids is 1. The number of likely N-dealkylation sites (N-methyl/N-ethyl adjacent to an activating group) is 1. The first-order valence-corrected chi connectivity index (χ1v) is 13.9. The van der Waals surface area contributed by atoms with Crippen LogP contribution in [0.4, 0.5) is 5.82 Å². The first-order valence-electron chi connectivity index (χ1n) is 12.1. The average molecular weight is 599 g/mol. The SMILES string of the molecule is CNC(=O)[C@H]1O[C@@H](n2cnc3c(NCc4cccc(Cl)c4)nc(C#Cc4cccc(S(=O)(=O)O)c4)nc32)[C@H](O)[C@@H]1O. The van der Waals surface area contributed by atoms with Gasteiger partial charge in [0.15, 0.2) is 29.3 Å².